The molecule has 0 aromatic rings. The first-order chi connectivity index (χ1) is 8.63. The zero-order valence-electron chi connectivity index (χ0n) is 11.0. The largest absolute Gasteiger partial charge is 0.480 e. The van der Waals surface area contributed by atoms with Crippen molar-refractivity contribution in [3.05, 3.63) is 0 Å². The Kier molecular flexibility index (Phi) is 4.25. The summed E-state index contributed by atoms with van der Waals surface area (Å²) in [4.78, 5) is 22.8. The van der Waals surface area contributed by atoms with E-state index >= 15 is 0 Å². The predicted molar refractivity (Wildman–Crippen MR) is 68.0 cm³/mol. The number of nitrogens with one attached hydrogen (secondary N) is 1. The molecule has 0 saturated heterocycles. The summed E-state index contributed by atoms with van der Waals surface area (Å²) in [5.74, 6) is 0.345. The van der Waals surface area contributed by atoms with Crippen LogP contribution >= 0.6 is 0 Å². The number of hydrogen-bond donors (Lipinski definition) is 2. The molecule has 1 amide bonds. The van der Waals surface area contributed by atoms with E-state index in [1.54, 1.807) is 6.92 Å². The molecule has 0 spiro atoms. The van der Waals surface area contributed by atoms with Crippen LogP contribution in [0.1, 0.15) is 51.9 Å². The van der Waals surface area contributed by atoms with Crippen LogP contribution in [0.15, 0.2) is 0 Å². The lowest BCUT2D eigenvalue weighted by atomic mass is 9.85. The Labute approximate surface area is 108 Å². The monoisotopic (exact) mass is 253 g/mol. The van der Waals surface area contributed by atoms with Gasteiger partial charge in [0.1, 0.15) is 6.04 Å². The lowest BCUT2D eigenvalue weighted by molar-refractivity contribution is -0.142. The number of carboxylic acid groups (broad SMARTS) is 1. The maximum absolute atomic E-state index is 12.0. The molecular formula is C14H23NO3. The van der Waals surface area contributed by atoms with Gasteiger partial charge in [-0.3, -0.25) is 4.79 Å². The quantitative estimate of drug-likeness (QED) is 0.789. The molecule has 0 heterocycles. The van der Waals surface area contributed by atoms with Gasteiger partial charge >= 0.3 is 5.97 Å². The molecule has 2 fully saturated rings. The minimum absolute atomic E-state index is 0.0418. The molecule has 0 radical (unpaired) electrons. The standard InChI is InChI=1S/C14H23NO3/c1-2-12(14(17)18)15-13(16)11-8-10(11)9-6-4-3-5-7-9/h9-12H,2-8H2,1H3,(H,15,16)(H,17,18). The van der Waals surface area contributed by atoms with Crippen LogP contribution in [0.25, 0.3) is 0 Å². The Morgan fingerprint density at radius 2 is 1.94 bits per heavy atom. The number of amides is 1. The van der Waals surface area contributed by atoms with Gasteiger partial charge in [0.2, 0.25) is 5.91 Å². The Morgan fingerprint density at radius 1 is 1.28 bits per heavy atom. The Hall–Kier alpha value is -1.06. The summed E-state index contributed by atoms with van der Waals surface area (Å²) < 4.78 is 0. The molecule has 18 heavy (non-hydrogen) atoms. The van der Waals surface area contributed by atoms with Crippen LogP contribution in [0.2, 0.25) is 0 Å². The molecule has 4 nitrogen and oxygen atoms in total. The predicted octanol–water partition coefficient (Wildman–Crippen LogP) is 2.18. The molecular weight excluding hydrogens is 230 g/mol. The number of carboxylic acids is 1. The molecule has 2 rings (SSSR count). The molecule has 0 aromatic carbocycles. The molecule has 2 N–H and O–H groups in total. The first-order valence-electron chi connectivity index (χ1n) is 7.16. The summed E-state index contributed by atoms with van der Waals surface area (Å²) in [5, 5.41) is 11.6. The number of aliphatic carboxylic acids is 1. The number of rotatable bonds is 5. The highest BCUT2D eigenvalue weighted by Crippen LogP contribution is 2.49. The van der Waals surface area contributed by atoms with Crippen molar-refractivity contribution in [1.29, 1.82) is 0 Å². The zero-order chi connectivity index (χ0) is 13.1. The van der Waals surface area contributed by atoms with Crippen molar-refractivity contribution in [2.75, 3.05) is 0 Å². The Bertz CT molecular complexity index is 323. The maximum atomic E-state index is 12.0. The van der Waals surface area contributed by atoms with E-state index in [4.69, 9.17) is 5.11 Å². The van der Waals surface area contributed by atoms with Crippen molar-refractivity contribution < 1.29 is 14.7 Å². The summed E-state index contributed by atoms with van der Waals surface area (Å²) in [6.45, 7) is 1.78. The van der Waals surface area contributed by atoms with Gasteiger partial charge < -0.3 is 10.4 Å². The zero-order valence-corrected chi connectivity index (χ0v) is 11.0. The van der Waals surface area contributed by atoms with Crippen LogP contribution in [0.4, 0.5) is 0 Å². The molecule has 102 valence electrons. The molecule has 0 aromatic heterocycles. The van der Waals surface area contributed by atoms with Crippen molar-refractivity contribution in [2.45, 2.75) is 57.9 Å². The molecule has 2 saturated carbocycles. The highest BCUT2D eigenvalue weighted by Gasteiger charge is 2.47. The molecule has 3 atom stereocenters. The van der Waals surface area contributed by atoms with E-state index in [1.165, 1.54) is 32.1 Å². The average molecular weight is 253 g/mol. The third-order valence-corrected chi connectivity index (χ3v) is 4.45. The van der Waals surface area contributed by atoms with Gasteiger partial charge in [0.05, 0.1) is 0 Å². The molecule has 0 bridgehead atoms. The highest BCUT2D eigenvalue weighted by atomic mass is 16.4. The van der Waals surface area contributed by atoms with Crippen LogP contribution in [0.3, 0.4) is 0 Å². The second-order valence-electron chi connectivity index (χ2n) is 5.71. The minimum Gasteiger partial charge on any atom is -0.480 e. The summed E-state index contributed by atoms with van der Waals surface area (Å²) >= 11 is 0. The molecule has 2 aliphatic carbocycles. The Morgan fingerprint density at radius 3 is 2.50 bits per heavy atom. The maximum Gasteiger partial charge on any atom is 0.326 e. The average Bonchev–Trinajstić information content (AvgIpc) is 3.16. The summed E-state index contributed by atoms with van der Waals surface area (Å²) in [6, 6.07) is -0.717. The van der Waals surface area contributed by atoms with Crippen LogP contribution in [-0.4, -0.2) is 23.0 Å². The fourth-order valence-corrected chi connectivity index (χ4v) is 3.22. The van der Waals surface area contributed by atoms with Gasteiger partial charge in [-0.15, -0.1) is 0 Å². The number of carbonyl (C=O) groups excluding carboxylic acids is 1. The Balaban J connectivity index is 1.79. The van der Waals surface area contributed by atoms with Crippen LogP contribution in [0.5, 0.6) is 0 Å². The van der Waals surface area contributed by atoms with Crippen LogP contribution in [-0.2, 0) is 9.59 Å². The molecule has 2 aliphatic rings. The van der Waals surface area contributed by atoms with Gasteiger partial charge in [0.15, 0.2) is 0 Å². The van der Waals surface area contributed by atoms with Gasteiger partial charge in [-0.1, -0.05) is 39.0 Å². The lowest BCUT2D eigenvalue weighted by Crippen LogP contribution is -2.41. The molecule has 0 aliphatic heterocycles. The lowest BCUT2D eigenvalue weighted by Gasteiger charge is -2.21. The van der Waals surface area contributed by atoms with E-state index in [2.05, 4.69) is 5.32 Å². The normalized spacial score (nSPS) is 29.6. The summed E-state index contributed by atoms with van der Waals surface area (Å²) in [5.41, 5.74) is 0. The van der Waals surface area contributed by atoms with Crippen molar-refractivity contribution >= 4 is 11.9 Å². The third-order valence-electron chi connectivity index (χ3n) is 4.45. The van der Waals surface area contributed by atoms with Crippen molar-refractivity contribution in [3.8, 4) is 0 Å². The number of carbonyl (C=O) groups is 2. The summed E-state index contributed by atoms with van der Waals surface area (Å²) in [7, 11) is 0. The smallest absolute Gasteiger partial charge is 0.326 e. The van der Waals surface area contributed by atoms with Gasteiger partial charge in [0.25, 0.3) is 0 Å². The topological polar surface area (TPSA) is 66.4 Å². The molecule has 3 unspecified atom stereocenters. The van der Waals surface area contributed by atoms with E-state index in [-0.39, 0.29) is 11.8 Å². The first-order valence-corrected chi connectivity index (χ1v) is 7.16. The minimum atomic E-state index is -0.930. The molecule has 4 heteroatoms. The van der Waals surface area contributed by atoms with E-state index in [1.807, 2.05) is 0 Å². The fraction of sp³-hybridized carbons (Fsp3) is 0.857. The van der Waals surface area contributed by atoms with E-state index in [9.17, 15) is 9.59 Å². The van der Waals surface area contributed by atoms with E-state index in [0.717, 1.165) is 6.42 Å². The fourth-order valence-electron chi connectivity index (χ4n) is 3.22. The van der Waals surface area contributed by atoms with Crippen LogP contribution in [0, 0.1) is 17.8 Å². The van der Waals surface area contributed by atoms with Gasteiger partial charge in [-0.05, 0) is 24.7 Å². The SMILES string of the molecule is CCC(NC(=O)C1CC1C1CCCCC1)C(=O)O. The second-order valence-corrected chi connectivity index (χ2v) is 5.71. The van der Waals surface area contributed by atoms with Gasteiger partial charge in [0, 0.05) is 5.92 Å². The first kappa shape index (κ1) is 13.4. The highest BCUT2D eigenvalue weighted by molar-refractivity contribution is 5.86. The third kappa shape index (κ3) is 3.03. The second kappa shape index (κ2) is 5.72. The van der Waals surface area contributed by atoms with Crippen molar-refractivity contribution in [2.24, 2.45) is 17.8 Å². The van der Waals surface area contributed by atoms with Crippen molar-refractivity contribution in [3.63, 3.8) is 0 Å². The number of hydrogen-bond acceptors (Lipinski definition) is 2. The van der Waals surface area contributed by atoms with E-state index in [0.29, 0.717) is 18.3 Å². The van der Waals surface area contributed by atoms with Gasteiger partial charge in [-0.25, -0.2) is 4.79 Å². The van der Waals surface area contributed by atoms with Crippen LogP contribution < -0.4 is 5.32 Å². The van der Waals surface area contributed by atoms with Gasteiger partial charge in [-0.2, -0.15) is 0 Å². The summed E-state index contributed by atoms with van der Waals surface area (Å²) in [6.07, 6.45) is 7.84. The van der Waals surface area contributed by atoms with Crippen molar-refractivity contribution in [1.82, 2.24) is 5.32 Å². The van der Waals surface area contributed by atoms with E-state index < -0.39 is 12.0 Å².